The Bertz CT molecular complexity index is 1010. The number of β-amino-alcohol motifs (C(OH)–C–C–N with tert-alkyl or cyclic N) is 1. The van der Waals surface area contributed by atoms with E-state index >= 15 is 0 Å². The van der Waals surface area contributed by atoms with Crippen LogP contribution in [-0.4, -0.2) is 68.2 Å². The van der Waals surface area contributed by atoms with Crippen molar-refractivity contribution in [2.45, 2.75) is 44.5 Å². The summed E-state index contributed by atoms with van der Waals surface area (Å²) in [5, 5.41) is 26.4. The van der Waals surface area contributed by atoms with Gasteiger partial charge in [0.15, 0.2) is 0 Å². The molecule has 3 N–H and O–H groups in total. The smallest absolute Gasteiger partial charge is 0.243 e. The van der Waals surface area contributed by atoms with Crippen LogP contribution >= 0.6 is 0 Å². The summed E-state index contributed by atoms with van der Waals surface area (Å²) in [6, 6.07) is 4.56. The van der Waals surface area contributed by atoms with E-state index in [4.69, 9.17) is 5.53 Å². The Kier molecular flexibility index (Phi) is 7.94. The monoisotopic (exact) mass is 453 g/mol. The van der Waals surface area contributed by atoms with Crippen LogP contribution in [0.1, 0.15) is 31.9 Å². The largest absolute Gasteiger partial charge is 0.394 e. The maximum absolute atomic E-state index is 13.0. The summed E-state index contributed by atoms with van der Waals surface area (Å²) in [7, 11) is 0. The van der Waals surface area contributed by atoms with Gasteiger partial charge in [-0.05, 0) is 17.0 Å². The van der Waals surface area contributed by atoms with Crippen LogP contribution in [0.25, 0.3) is 21.7 Å². The predicted molar refractivity (Wildman–Crippen MR) is 119 cm³/mol. The molecule has 33 heavy (non-hydrogen) atoms. The maximum atomic E-state index is 13.0. The number of likely N-dealkylation sites (tertiary alicyclic amines) is 1. The third-order valence-corrected chi connectivity index (χ3v) is 5.60. The Balaban J connectivity index is 1.74. The zero-order valence-corrected chi connectivity index (χ0v) is 18.4. The quantitative estimate of drug-likeness (QED) is 0.312. The molecule has 0 unspecified atom stereocenters. The number of carbonyl (C=O) groups is 2. The predicted octanol–water partition coefficient (Wildman–Crippen LogP) is 1.59. The van der Waals surface area contributed by atoms with E-state index in [9.17, 15) is 19.8 Å². The first kappa shape index (κ1) is 24.1. The van der Waals surface area contributed by atoms with E-state index < -0.39 is 36.0 Å². The fraction of sp³-hybridized carbons (Fsp3) is 0.455. The molecule has 1 saturated heterocycles. The second kappa shape index (κ2) is 10.9. The number of aliphatic hydroxyl groups excluding tert-OH is 2. The second-order valence-electron chi connectivity index (χ2n) is 8.25. The minimum Gasteiger partial charge on any atom is -0.394 e. The van der Waals surface area contributed by atoms with Crippen LogP contribution in [0.15, 0.2) is 48.0 Å². The number of aromatic nitrogens is 2. The highest BCUT2D eigenvalue weighted by Crippen LogP contribution is 2.24. The number of benzene rings is 1. The van der Waals surface area contributed by atoms with Gasteiger partial charge in [-0.15, -0.1) is 0 Å². The standard InChI is InChI=1S/C22H27N7O4/c1-13(2)20(27-28-23)22(33)29-11-16(31)9-19(29)21(32)26-18(12-30)15-5-3-14(4-6-15)17-10-24-7-8-25-17/h3-8,10,13,16,18-20,30-31H,9,11-12H2,1-2H3,(H,26,32)/t16-,18+,19+,20+/m1/s1. The van der Waals surface area contributed by atoms with Gasteiger partial charge in [-0.1, -0.05) is 43.2 Å². The maximum Gasteiger partial charge on any atom is 0.243 e. The van der Waals surface area contributed by atoms with Crippen molar-refractivity contribution in [1.29, 1.82) is 0 Å². The molecule has 0 aliphatic carbocycles. The highest BCUT2D eigenvalue weighted by molar-refractivity contribution is 5.91. The Hall–Kier alpha value is -3.53. The molecule has 11 heteroatoms. The lowest BCUT2D eigenvalue weighted by Gasteiger charge is -2.29. The van der Waals surface area contributed by atoms with Gasteiger partial charge >= 0.3 is 0 Å². The SMILES string of the molecule is CC(C)[C@H](N=[N+]=[N-])C(=O)N1C[C@H](O)C[C@H]1C(=O)N[C@@H](CO)c1ccc(-c2cnccn2)cc1. The molecule has 174 valence electrons. The third-order valence-electron chi connectivity index (χ3n) is 5.60. The summed E-state index contributed by atoms with van der Waals surface area (Å²) in [5.41, 5.74) is 11.0. The third kappa shape index (κ3) is 5.64. The summed E-state index contributed by atoms with van der Waals surface area (Å²) >= 11 is 0. The second-order valence-corrected chi connectivity index (χ2v) is 8.25. The van der Waals surface area contributed by atoms with Crippen molar-refractivity contribution in [1.82, 2.24) is 20.2 Å². The van der Waals surface area contributed by atoms with Crippen molar-refractivity contribution >= 4 is 11.8 Å². The van der Waals surface area contributed by atoms with Gasteiger partial charge in [0.05, 0.1) is 30.6 Å². The number of hydrogen-bond donors (Lipinski definition) is 3. The average Bonchev–Trinajstić information content (AvgIpc) is 3.22. The van der Waals surface area contributed by atoms with E-state index in [0.29, 0.717) is 11.3 Å². The molecule has 2 aromatic rings. The lowest BCUT2D eigenvalue weighted by Crippen LogP contribution is -2.50. The number of nitrogens with zero attached hydrogens (tertiary/aromatic N) is 6. The number of aliphatic hydroxyl groups is 2. The number of azide groups is 1. The molecule has 4 atom stereocenters. The van der Waals surface area contributed by atoms with Crippen molar-refractivity contribution < 1.29 is 19.8 Å². The molecule has 1 aliphatic heterocycles. The van der Waals surface area contributed by atoms with Crippen LogP contribution in [0, 0.1) is 5.92 Å². The summed E-state index contributed by atoms with van der Waals surface area (Å²) in [6.07, 6.45) is 4.00. The molecule has 1 aromatic carbocycles. The zero-order valence-electron chi connectivity index (χ0n) is 18.4. The van der Waals surface area contributed by atoms with E-state index in [1.165, 1.54) is 4.90 Å². The van der Waals surface area contributed by atoms with Crippen LogP contribution in [0.4, 0.5) is 0 Å². The van der Waals surface area contributed by atoms with Gasteiger partial charge in [0.25, 0.3) is 0 Å². The van der Waals surface area contributed by atoms with Gasteiger partial charge in [-0.2, -0.15) is 0 Å². The number of nitrogens with one attached hydrogen (secondary N) is 1. The van der Waals surface area contributed by atoms with Crippen molar-refractivity contribution in [2.24, 2.45) is 11.0 Å². The Morgan fingerprint density at radius 1 is 1.30 bits per heavy atom. The van der Waals surface area contributed by atoms with Crippen LogP contribution in [0.5, 0.6) is 0 Å². The zero-order chi connectivity index (χ0) is 24.0. The number of carbonyl (C=O) groups excluding carboxylic acids is 2. The molecular formula is C22H27N7O4. The summed E-state index contributed by atoms with van der Waals surface area (Å²) < 4.78 is 0. The number of rotatable bonds is 8. The fourth-order valence-electron chi connectivity index (χ4n) is 3.84. The fourth-order valence-corrected chi connectivity index (χ4v) is 3.84. The first-order valence-electron chi connectivity index (χ1n) is 10.7. The highest BCUT2D eigenvalue weighted by atomic mass is 16.3. The molecule has 0 radical (unpaired) electrons. The first-order chi connectivity index (χ1) is 15.8. The lowest BCUT2D eigenvalue weighted by atomic mass is 10.0. The Morgan fingerprint density at radius 3 is 2.61 bits per heavy atom. The summed E-state index contributed by atoms with van der Waals surface area (Å²) in [6.45, 7) is 3.10. The van der Waals surface area contributed by atoms with E-state index in [2.05, 4.69) is 25.3 Å². The van der Waals surface area contributed by atoms with Crippen LogP contribution < -0.4 is 5.32 Å². The first-order valence-corrected chi connectivity index (χ1v) is 10.7. The molecular weight excluding hydrogens is 426 g/mol. The van der Waals surface area contributed by atoms with Gasteiger partial charge in [0, 0.05) is 35.8 Å². The van der Waals surface area contributed by atoms with E-state index in [1.54, 1.807) is 44.6 Å². The van der Waals surface area contributed by atoms with Gasteiger partial charge in [-0.25, -0.2) is 0 Å². The van der Waals surface area contributed by atoms with E-state index in [-0.39, 0.29) is 25.5 Å². The summed E-state index contributed by atoms with van der Waals surface area (Å²) in [4.78, 5) is 38.3. The van der Waals surface area contributed by atoms with Crippen LogP contribution in [0.3, 0.4) is 0 Å². The molecule has 11 nitrogen and oxygen atoms in total. The molecule has 0 saturated carbocycles. The van der Waals surface area contributed by atoms with Gasteiger partial charge in [-0.3, -0.25) is 19.6 Å². The van der Waals surface area contributed by atoms with Crippen molar-refractivity contribution in [3.8, 4) is 11.3 Å². The van der Waals surface area contributed by atoms with Crippen molar-refractivity contribution in [3.05, 3.63) is 58.9 Å². The number of hydrogen-bond acceptors (Lipinski definition) is 7. The molecule has 1 aromatic heterocycles. The van der Waals surface area contributed by atoms with Crippen LogP contribution in [0.2, 0.25) is 0 Å². The van der Waals surface area contributed by atoms with Crippen LogP contribution in [-0.2, 0) is 9.59 Å². The minimum absolute atomic E-state index is 0.0301. The topological polar surface area (TPSA) is 164 Å². The van der Waals surface area contributed by atoms with Gasteiger partial charge in [0.1, 0.15) is 12.1 Å². The molecule has 0 bridgehead atoms. The van der Waals surface area contributed by atoms with Crippen molar-refractivity contribution in [2.75, 3.05) is 13.2 Å². The molecule has 2 amide bonds. The molecule has 3 rings (SSSR count). The highest BCUT2D eigenvalue weighted by Gasteiger charge is 2.42. The lowest BCUT2D eigenvalue weighted by molar-refractivity contribution is -0.140. The minimum atomic E-state index is -0.974. The molecule has 2 heterocycles. The van der Waals surface area contributed by atoms with E-state index in [1.807, 2.05) is 12.1 Å². The number of amides is 2. The van der Waals surface area contributed by atoms with Gasteiger partial charge in [0.2, 0.25) is 11.8 Å². The molecule has 0 spiro atoms. The van der Waals surface area contributed by atoms with Crippen molar-refractivity contribution in [3.63, 3.8) is 0 Å². The normalized spacial score (nSPS) is 19.6. The summed E-state index contributed by atoms with van der Waals surface area (Å²) in [5.74, 6) is -1.28. The average molecular weight is 454 g/mol. The molecule has 1 aliphatic rings. The Morgan fingerprint density at radius 2 is 2.03 bits per heavy atom. The van der Waals surface area contributed by atoms with E-state index in [0.717, 1.165) is 5.56 Å². The molecule has 1 fully saturated rings. The van der Waals surface area contributed by atoms with Gasteiger partial charge < -0.3 is 20.4 Å². The Labute approximate surface area is 191 Å².